The first-order chi connectivity index (χ1) is 29.0. The second-order valence-corrected chi connectivity index (χ2v) is 16.4. The van der Waals surface area contributed by atoms with Gasteiger partial charge in [0.1, 0.15) is 0 Å². The molecule has 0 amide bonds. The Kier molecular flexibility index (Phi) is 7.27. The fourth-order valence-electron chi connectivity index (χ4n) is 9.77. The van der Waals surface area contributed by atoms with Gasteiger partial charge in [-0.05, 0) is 112 Å². The van der Waals surface area contributed by atoms with Crippen LogP contribution >= 0.6 is 0 Å². The van der Waals surface area contributed by atoms with Crippen molar-refractivity contribution < 1.29 is 0 Å². The SMILES string of the molecule is CC1(C)c2ccccc2-c2cc(-c3ccc4c(-c5nc(-c6cc7ccccc7c7ccccc67)nc(-c6cc7ccccc7c7ccccc67)n5)cccc4c3)ccc21. The van der Waals surface area contributed by atoms with Gasteiger partial charge in [-0.2, -0.15) is 0 Å². The lowest BCUT2D eigenvalue weighted by molar-refractivity contribution is 0.660. The second kappa shape index (κ2) is 12.8. The second-order valence-electron chi connectivity index (χ2n) is 16.4. The molecule has 0 aliphatic heterocycles. The lowest BCUT2D eigenvalue weighted by Crippen LogP contribution is -2.14. The van der Waals surface area contributed by atoms with Crippen LogP contribution in [0.5, 0.6) is 0 Å². The Morgan fingerprint density at radius 1 is 0.288 bits per heavy atom. The number of fused-ring (bicyclic) bond motifs is 10. The lowest BCUT2D eigenvalue weighted by atomic mass is 9.82. The van der Waals surface area contributed by atoms with Crippen molar-refractivity contribution in [1.82, 2.24) is 15.0 Å². The standard InChI is InChI=1S/C56H37N3/c1-56(2)51-25-12-11-23-46(51)48-31-35(27-29-52(48)56)34-26-28-41-36(30-34)16-13-24-47(41)53-57-54(49-32-37-14-3-5-17-39(37)42-19-7-9-21-44(42)49)59-55(58-53)50-33-38-15-4-6-18-40(38)43-20-8-10-22-45(43)50/h3-33H,1-2H3. The number of rotatable bonds is 4. The van der Waals surface area contributed by atoms with Crippen molar-refractivity contribution in [1.29, 1.82) is 0 Å². The van der Waals surface area contributed by atoms with Crippen LogP contribution in [0.1, 0.15) is 25.0 Å². The van der Waals surface area contributed by atoms with Crippen LogP contribution in [0.15, 0.2) is 188 Å². The van der Waals surface area contributed by atoms with E-state index in [4.69, 9.17) is 15.0 Å². The van der Waals surface area contributed by atoms with Crippen LogP contribution in [0, 0.1) is 0 Å². The van der Waals surface area contributed by atoms with Crippen molar-refractivity contribution in [3.63, 3.8) is 0 Å². The van der Waals surface area contributed by atoms with Crippen LogP contribution < -0.4 is 0 Å². The van der Waals surface area contributed by atoms with E-state index in [1.165, 1.54) is 54.9 Å². The average Bonchev–Trinajstić information content (AvgIpc) is 3.53. The normalized spacial score (nSPS) is 13.1. The van der Waals surface area contributed by atoms with E-state index in [1.54, 1.807) is 0 Å². The molecule has 0 radical (unpaired) electrons. The Morgan fingerprint density at radius 3 is 1.37 bits per heavy atom. The molecule has 3 nitrogen and oxygen atoms in total. The molecule has 276 valence electrons. The van der Waals surface area contributed by atoms with Gasteiger partial charge in [0.25, 0.3) is 0 Å². The topological polar surface area (TPSA) is 38.7 Å². The maximum Gasteiger partial charge on any atom is 0.164 e. The van der Waals surface area contributed by atoms with Gasteiger partial charge in [0.05, 0.1) is 0 Å². The van der Waals surface area contributed by atoms with Gasteiger partial charge in [-0.1, -0.05) is 178 Å². The smallest absolute Gasteiger partial charge is 0.164 e. The monoisotopic (exact) mass is 751 g/mol. The molecule has 0 atom stereocenters. The molecule has 1 heterocycles. The van der Waals surface area contributed by atoms with Crippen LogP contribution in [-0.4, -0.2) is 15.0 Å². The zero-order chi connectivity index (χ0) is 39.2. The maximum absolute atomic E-state index is 5.38. The third-order valence-corrected chi connectivity index (χ3v) is 12.7. The van der Waals surface area contributed by atoms with Crippen molar-refractivity contribution in [2.75, 3.05) is 0 Å². The Bertz CT molecular complexity index is 3410. The van der Waals surface area contributed by atoms with Gasteiger partial charge in [-0.15, -0.1) is 0 Å². The van der Waals surface area contributed by atoms with Crippen molar-refractivity contribution >= 4 is 53.9 Å². The molecule has 3 heteroatoms. The van der Waals surface area contributed by atoms with E-state index in [-0.39, 0.29) is 5.41 Å². The molecular weight excluding hydrogens is 715 g/mol. The molecule has 11 aromatic rings. The summed E-state index contributed by atoms with van der Waals surface area (Å²) in [5, 5.41) is 11.5. The van der Waals surface area contributed by atoms with Gasteiger partial charge < -0.3 is 0 Å². The molecule has 0 spiro atoms. The predicted octanol–water partition coefficient (Wildman–Crippen LogP) is 14.6. The average molecular weight is 752 g/mol. The molecule has 0 N–H and O–H groups in total. The van der Waals surface area contributed by atoms with E-state index in [9.17, 15) is 0 Å². The molecule has 1 aliphatic rings. The first-order valence-corrected chi connectivity index (χ1v) is 20.4. The summed E-state index contributed by atoms with van der Waals surface area (Å²) in [7, 11) is 0. The summed E-state index contributed by atoms with van der Waals surface area (Å²) in [5.74, 6) is 1.95. The van der Waals surface area contributed by atoms with Gasteiger partial charge >= 0.3 is 0 Å². The van der Waals surface area contributed by atoms with E-state index < -0.39 is 0 Å². The third-order valence-electron chi connectivity index (χ3n) is 12.7. The number of nitrogens with zero attached hydrogens (tertiary/aromatic N) is 3. The van der Waals surface area contributed by atoms with Crippen LogP contribution in [0.3, 0.4) is 0 Å². The minimum atomic E-state index is -0.0245. The summed E-state index contributed by atoms with van der Waals surface area (Å²) >= 11 is 0. The Morgan fingerprint density at radius 2 is 0.729 bits per heavy atom. The van der Waals surface area contributed by atoms with E-state index >= 15 is 0 Å². The molecule has 12 rings (SSSR count). The Balaban J connectivity index is 1.08. The Labute approximate surface area is 342 Å². The molecule has 0 unspecified atom stereocenters. The fourth-order valence-corrected chi connectivity index (χ4v) is 9.77. The van der Waals surface area contributed by atoms with Gasteiger partial charge in [0.15, 0.2) is 17.5 Å². The molecule has 59 heavy (non-hydrogen) atoms. The summed E-state index contributed by atoms with van der Waals surface area (Å²) < 4.78 is 0. The highest BCUT2D eigenvalue weighted by atomic mass is 15.0. The first kappa shape index (κ1) is 33.6. The minimum absolute atomic E-state index is 0.0245. The number of hydrogen-bond donors (Lipinski definition) is 0. The summed E-state index contributed by atoms with van der Waals surface area (Å²) in [6.45, 7) is 4.66. The third kappa shape index (κ3) is 5.18. The quantitative estimate of drug-likeness (QED) is 0.168. The number of benzene rings is 10. The maximum atomic E-state index is 5.38. The van der Waals surface area contributed by atoms with E-state index in [2.05, 4.69) is 202 Å². The summed E-state index contributed by atoms with van der Waals surface area (Å²) in [4.78, 5) is 16.1. The van der Waals surface area contributed by atoms with E-state index in [0.717, 1.165) is 49.0 Å². The highest BCUT2D eigenvalue weighted by molar-refractivity contribution is 6.15. The predicted molar refractivity (Wildman–Crippen MR) is 247 cm³/mol. The van der Waals surface area contributed by atoms with Crippen molar-refractivity contribution in [3.05, 3.63) is 199 Å². The highest BCUT2D eigenvalue weighted by Crippen LogP contribution is 2.49. The largest absolute Gasteiger partial charge is 0.208 e. The first-order valence-electron chi connectivity index (χ1n) is 20.4. The molecule has 0 saturated heterocycles. The molecule has 10 aromatic carbocycles. The lowest BCUT2D eigenvalue weighted by Gasteiger charge is -2.21. The highest BCUT2D eigenvalue weighted by Gasteiger charge is 2.35. The summed E-state index contributed by atoms with van der Waals surface area (Å²) in [5.41, 5.74) is 10.7. The molecule has 0 fully saturated rings. The van der Waals surface area contributed by atoms with E-state index in [0.29, 0.717) is 17.5 Å². The van der Waals surface area contributed by atoms with Crippen LogP contribution in [0.25, 0.3) is 110 Å². The van der Waals surface area contributed by atoms with Gasteiger partial charge in [0, 0.05) is 22.1 Å². The molecule has 0 bridgehead atoms. The van der Waals surface area contributed by atoms with Gasteiger partial charge in [0.2, 0.25) is 0 Å². The van der Waals surface area contributed by atoms with Crippen molar-refractivity contribution in [3.8, 4) is 56.4 Å². The molecule has 1 aromatic heterocycles. The molecular formula is C56H37N3. The molecule has 1 aliphatic carbocycles. The van der Waals surface area contributed by atoms with E-state index in [1.807, 2.05) is 0 Å². The number of aromatic nitrogens is 3. The summed E-state index contributed by atoms with van der Waals surface area (Å²) in [6, 6.07) is 67.9. The Hall–Kier alpha value is -7.49. The van der Waals surface area contributed by atoms with Gasteiger partial charge in [-0.25, -0.2) is 15.0 Å². The van der Waals surface area contributed by atoms with Crippen molar-refractivity contribution in [2.45, 2.75) is 19.3 Å². The summed E-state index contributed by atoms with van der Waals surface area (Å²) in [6.07, 6.45) is 0. The van der Waals surface area contributed by atoms with Crippen LogP contribution in [-0.2, 0) is 5.41 Å². The zero-order valence-corrected chi connectivity index (χ0v) is 32.7. The molecule has 0 saturated carbocycles. The van der Waals surface area contributed by atoms with Gasteiger partial charge in [-0.3, -0.25) is 0 Å². The van der Waals surface area contributed by atoms with Crippen molar-refractivity contribution in [2.24, 2.45) is 0 Å². The fraction of sp³-hybridized carbons (Fsp3) is 0.0536. The van der Waals surface area contributed by atoms with Crippen LogP contribution in [0.2, 0.25) is 0 Å². The minimum Gasteiger partial charge on any atom is -0.208 e. The number of hydrogen-bond acceptors (Lipinski definition) is 3. The zero-order valence-electron chi connectivity index (χ0n) is 32.7. The van der Waals surface area contributed by atoms with Crippen LogP contribution in [0.4, 0.5) is 0 Å².